The van der Waals surface area contributed by atoms with E-state index < -0.39 is 5.97 Å². The van der Waals surface area contributed by atoms with Crippen molar-refractivity contribution >= 4 is 28.9 Å². The third-order valence-electron chi connectivity index (χ3n) is 7.44. The maximum atomic E-state index is 13.8. The molecule has 31 heavy (non-hydrogen) atoms. The van der Waals surface area contributed by atoms with Gasteiger partial charge in [0.1, 0.15) is 4.88 Å². The van der Waals surface area contributed by atoms with Crippen LogP contribution in [0.5, 0.6) is 0 Å². The highest BCUT2D eigenvalue weighted by Gasteiger charge is 2.37. The second-order valence-electron chi connectivity index (χ2n) is 9.76. The lowest BCUT2D eigenvalue weighted by Crippen LogP contribution is -2.47. The molecule has 0 spiro atoms. The molecule has 2 saturated carbocycles. The van der Waals surface area contributed by atoms with Crippen molar-refractivity contribution in [2.45, 2.75) is 95.6 Å². The predicted molar refractivity (Wildman–Crippen MR) is 124 cm³/mol. The van der Waals surface area contributed by atoms with Gasteiger partial charge < -0.3 is 15.1 Å². The molecule has 1 atom stereocenters. The molecule has 2 N–H and O–H groups in total. The first-order chi connectivity index (χ1) is 14.9. The van der Waals surface area contributed by atoms with E-state index in [-0.39, 0.29) is 34.8 Å². The molecule has 0 aromatic carbocycles. The van der Waals surface area contributed by atoms with E-state index in [0.717, 1.165) is 62.7 Å². The average Bonchev–Trinajstić information content (AvgIpc) is 3.22. The van der Waals surface area contributed by atoms with Crippen molar-refractivity contribution in [2.75, 3.05) is 4.90 Å². The van der Waals surface area contributed by atoms with E-state index in [4.69, 9.17) is 0 Å². The lowest BCUT2D eigenvalue weighted by molar-refractivity contribution is -0.124. The number of nitrogens with zero attached hydrogens (tertiary/aromatic N) is 1. The van der Waals surface area contributed by atoms with Crippen LogP contribution in [0.4, 0.5) is 5.69 Å². The number of carbonyl (C=O) groups is 2. The van der Waals surface area contributed by atoms with Gasteiger partial charge in [-0.2, -0.15) is 0 Å². The average molecular weight is 446 g/mol. The normalized spacial score (nSPS) is 31.4. The summed E-state index contributed by atoms with van der Waals surface area (Å²) >= 11 is 1.34. The Labute approximate surface area is 189 Å². The number of aliphatic hydroxyl groups excluding tert-OH is 1. The number of allylic oxidation sites excluding steroid dienone is 2. The van der Waals surface area contributed by atoms with E-state index in [0.29, 0.717) is 24.4 Å². The topological polar surface area (TPSA) is 77.8 Å². The summed E-state index contributed by atoms with van der Waals surface area (Å²) in [6, 6.07) is 1.96. The lowest BCUT2D eigenvalue weighted by Gasteiger charge is -2.38. The van der Waals surface area contributed by atoms with E-state index in [1.807, 2.05) is 11.0 Å². The Morgan fingerprint density at radius 3 is 2.35 bits per heavy atom. The van der Waals surface area contributed by atoms with Crippen molar-refractivity contribution in [3.63, 3.8) is 0 Å². The van der Waals surface area contributed by atoms with Gasteiger partial charge in [0.15, 0.2) is 0 Å². The molecule has 0 bridgehead atoms. The molecule has 1 unspecified atom stereocenters. The zero-order valence-corrected chi connectivity index (χ0v) is 19.3. The van der Waals surface area contributed by atoms with Gasteiger partial charge in [0.2, 0.25) is 5.91 Å². The summed E-state index contributed by atoms with van der Waals surface area (Å²) in [7, 11) is 0. The van der Waals surface area contributed by atoms with Gasteiger partial charge in [-0.15, -0.1) is 11.3 Å². The van der Waals surface area contributed by atoms with Crippen LogP contribution in [0.2, 0.25) is 0 Å². The van der Waals surface area contributed by atoms with Crippen LogP contribution < -0.4 is 4.90 Å². The van der Waals surface area contributed by atoms with Crippen molar-refractivity contribution in [1.29, 1.82) is 0 Å². The van der Waals surface area contributed by atoms with Gasteiger partial charge in [-0.3, -0.25) is 4.79 Å². The number of hydrogen-bond donors (Lipinski definition) is 2. The minimum Gasteiger partial charge on any atom is -0.477 e. The van der Waals surface area contributed by atoms with Crippen molar-refractivity contribution in [3.8, 4) is 0 Å². The van der Waals surface area contributed by atoms with Crippen molar-refractivity contribution in [2.24, 2.45) is 11.8 Å². The molecule has 1 aromatic heterocycles. The number of carboxylic acids is 1. The molecule has 170 valence electrons. The third-order valence-corrected chi connectivity index (χ3v) is 8.68. The van der Waals surface area contributed by atoms with Crippen LogP contribution in [0.1, 0.15) is 98.0 Å². The van der Waals surface area contributed by atoms with E-state index in [2.05, 4.69) is 19.1 Å². The molecule has 1 heterocycles. The number of anilines is 1. The summed E-state index contributed by atoms with van der Waals surface area (Å²) in [5.74, 6) is 0.0212. The van der Waals surface area contributed by atoms with Crippen LogP contribution in [0.15, 0.2) is 18.2 Å². The highest BCUT2D eigenvalue weighted by molar-refractivity contribution is 7.14. The Morgan fingerprint density at radius 1 is 1.03 bits per heavy atom. The standard InChI is InChI=1S/C25H35NO4S/c1-16-7-9-18(10-8-16)24(28)26(19-11-13-20(27)14-12-19)21-15-22(31-23(21)25(29)30)17-5-3-2-4-6-17/h3,5,15-20,27H,2,4,6-14H2,1H3,(H,29,30). The third kappa shape index (κ3) is 5.06. The molecular formula is C25H35NO4S. The van der Waals surface area contributed by atoms with Gasteiger partial charge in [-0.1, -0.05) is 19.1 Å². The molecule has 1 aromatic rings. The molecule has 6 heteroatoms. The summed E-state index contributed by atoms with van der Waals surface area (Å²) in [5, 5.41) is 20.0. The van der Waals surface area contributed by atoms with E-state index in [1.54, 1.807) is 0 Å². The number of amides is 1. The molecule has 3 aliphatic rings. The van der Waals surface area contributed by atoms with Gasteiger partial charge in [0.25, 0.3) is 0 Å². The highest BCUT2D eigenvalue weighted by Crippen LogP contribution is 2.42. The number of thiophene rings is 1. The summed E-state index contributed by atoms with van der Waals surface area (Å²) < 4.78 is 0. The molecule has 2 fully saturated rings. The van der Waals surface area contributed by atoms with Crippen LogP contribution >= 0.6 is 11.3 Å². The molecule has 0 radical (unpaired) electrons. The molecular weight excluding hydrogens is 410 g/mol. The Hall–Kier alpha value is -1.66. The first-order valence-electron chi connectivity index (χ1n) is 12.0. The fraction of sp³-hybridized carbons (Fsp3) is 0.680. The Morgan fingerprint density at radius 2 is 1.74 bits per heavy atom. The van der Waals surface area contributed by atoms with E-state index in [1.165, 1.54) is 11.3 Å². The summed E-state index contributed by atoms with van der Waals surface area (Å²) in [5.41, 5.74) is 0.594. The summed E-state index contributed by atoms with van der Waals surface area (Å²) in [4.78, 5) is 29.2. The zero-order valence-electron chi connectivity index (χ0n) is 18.5. The molecule has 4 rings (SSSR count). The highest BCUT2D eigenvalue weighted by atomic mass is 32.1. The molecule has 0 saturated heterocycles. The smallest absolute Gasteiger partial charge is 0.348 e. The van der Waals surface area contributed by atoms with Gasteiger partial charge in [0, 0.05) is 22.8 Å². The maximum absolute atomic E-state index is 13.8. The van der Waals surface area contributed by atoms with E-state index in [9.17, 15) is 19.8 Å². The van der Waals surface area contributed by atoms with Gasteiger partial charge in [-0.25, -0.2) is 4.79 Å². The Balaban J connectivity index is 1.69. The molecule has 0 aliphatic heterocycles. The van der Waals surface area contributed by atoms with Crippen molar-refractivity contribution in [3.05, 3.63) is 28.0 Å². The van der Waals surface area contributed by atoms with Crippen molar-refractivity contribution < 1.29 is 19.8 Å². The van der Waals surface area contributed by atoms with Gasteiger partial charge >= 0.3 is 5.97 Å². The molecule has 3 aliphatic carbocycles. The SMILES string of the molecule is CC1CCC(C(=O)N(c2cc(C3C=CCCC3)sc2C(=O)O)C2CCC(O)CC2)CC1. The Bertz CT molecular complexity index is 815. The number of rotatable bonds is 5. The van der Waals surface area contributed by atoms with Crippen molar-refractivity contribution in [1.82, 2.24) is 0 Å². The summed E-state index contributed by atoms with van der Waals surface area (Å²) in [6.45, 7) is 2.24. The fourth-order valence-electron chi connectivity index (χ4n) is 5.48. The number of carboxylic acid groups (broad SMARTS) is 1. The second-order valence-corrected chi connectivity index (χ2v) is 10.8. The van der Waals surface area contributed by atoms with Crippen LogP contribution in [-0.2, 0) is 4.79 Å². The summed E-state index contributed by atoms with van der Waals surface area (Å²) in [6.07, 6.45) is 14.0. The van der Waals surface area contributed by atoms with Crippen LogP contribution in [0.25, 0.3) is 0 Å². The largest absolute Gasteiger partial charge is 0.477 e. The minimum absolute atomic E-state index is 0.0254. The number of aliphatic hydroxyl groups is 1. The first kappa shape index (κ1) is 22.5. The van der Waals surface area contributed by atoms with Gasteiger partial charge in [0.05, 0.1) is 11.8 Å². The fourth-order valence-corrected chi connectivity index (χ4v) is 6.58. The lowest BCUT2D eigenvalue weighted by atomic mass is 9.81. The first-order valence-corrected chi connectivity index (χ1v) is 12.8. The molecule has 5 nitrogen and oxygen atoms in total. The van der Waals surface area contributed by atoms with Crippen LogP contribution in [0.3, 0.4) is 0 Å². The van der Waals surface area contributed by atoms with Crippen LogP contribution in [-0.4, -0.2) is 34.2 Å². The number of carbonyl (C=O) groups excluding carboxylic acids is 1. The van der Waals surface area contributed by atoms with Crippen LogP contribution in [0, 0.1) is 11.8 Å². The molecule has 1 amide bonds. The number of aromatic carboxylic acids is 1. The monoisotopic (exact) mass is 445 g/mol. The minimum atomic E-state index is -0.947. The van der Waals surface area contributed by atoms with E-state index >= 15 is 0 Å². The maximum Gasteiger partial charge on any atom is 0.348 e. The zero-order chi connectivity index (χ0) is 22.0. The quantitative estimate of drug-likeness (QED) is 0.567. The second kappa shape index (κ2) is 9.86. The van der Waals surface area contributed by atoms with Gasteiger partial charge in [-0.05, 0) is 82.6 Å². The predicted octanol–water partition coefficient (Wildman–Crippen LogP) is 5.73. The Kier molecular flexibility index (Phi) is 7.17. The number of hydrogen-bond acceptors (Lipinski definition) is 4.